The Morgan fingerprint density at radius 2 is 1.81 bits per heavy atom. The molecule has 5 rings (SSSR count). The Balaban J connectivity index is 0.000000291. The first-order chi connectivity index (χ1) is 23.0. The van der Waals surface area contributed by atoms with Crippen molar-refractivity contribution < 1.29 is 24.2 Å². The van der Waals surface area contributed by atoms with Gasteiger partial charge in [0.15, 0.2) is 11.6 Å². The third-order valence-electron chi connectivity index (χ3n) is 6.58. The zero-order valence-electron chi connectivity index (χ0n) is 26.3. The van der Waals surface area contributed by atoms with Crippen molar-refractivity contribution >= 4 is 29.5 Å². The van der Waals surface area contributed by atoms with Crippen LogP contribution in [0.1, 0.15) is 51.2 Å². The molecule has 0 saturated heterocycles. The number of amidine groups is 1. The zero-order valence-corrected chi connectivity index (χ0v) is 26.3. The maximum absolute atomic E-state index is 12.7. The van der Waals surface area contributed by atoms with Crippen molar-refractivity contribution in [3.05, 3.63) is 111 Å². The maximum Gasteiger partial charge on any atom is 0.349 e. The van der Waals surface area contributed by atoms with Gasteiger partial charge in [-0.2, -0.15) is 4.68 Å². The summed E-state index contributed by atoms with van der Waals surface area (Å²) in [4.78, 5) is 48.8. The average molecular weight is 655 g/mol. The number of aromatic nitrogens is 6. The van der Waals surface area contributed by atoms with E-state index in [1.807, 2.05) is 13.0 Å². The lowest BCUT2D eigenvalue weighted by molar-refractivity contribution is -0.137. The number of nitrogens with zero attached hydrogens (tertiary/aromatic N) is 5. The van der Waals surface area contributed by atoms with E-state index in [-0.39, 0.29) is 30.6 Å². The smallest absolute Gasteiger partial charge is 0.349 e. The molecule has 0 saturated carbocycles. The van der Waals surface area contributed by atoms with E-state index in [4.69, 9.17) is 31.5 Å². The van der Waals surface area contributed by atoms with Crippen molar-refractivity contribution in [1.29, 1.82) is 5.41 Å². The minimum absolute atomic E-state index is 0.0244. The Hall–Kier alpha value is -6.58. The number of aromatic amines is 1. The molecule has 1 aromatic carbocycles. The van der Waals surface area contributed by atoms with Crippen molar-refractivity contribution in [3.8, 4) is 17.6 Å². The number of carbonyl (C=O) groups is 2. The predicted octanol–water partition coefficient (Wildman–Crippen LogP) is 2.79. The second-order valence-electron chi connectivity index (χ2n) is 10.3. The molecule has 0 spiro atoms. The van der Waals surface area contributed by atoms with Crippen LogP contribution < -0.4 is 31.9 Å². The van der Waals surface area contributed by atoms with Gasteiger partial charge < -0.3 is 31.4 Å². The molecule has 0 aliphatic carbocycles. The monoisotopic (exact) mass is 654 g/mol. The lowest BCUT2D eigenvalue weighted by Gasteiger charge is -2.19. The second kappa shape index (κ2) is 15.6. The largest absolute Gasteiger partial charge is 0.481 e. The summed E-state index contributed by atoms with van der Waals surface area (Å²) in [5.74, 6) is 0.325. The summed E-state index contributed by atoms with van der Waals surface area (Å²) in [6.45, 7) is 3.63. The molecule has 16 nitrogen and oxygen atoms in total. The van der Waals surface area contributed by atoms with Crippen LogP contribution in [-0.4, -0.2) is 66.6 Å². The fourth-order valence-corrected chi connectivity index (χ4v) is 4.41. The van der Waals surface area contributed by atoms with E-state index in [0.29, 0.717) is 40.5 Å². The minimum Gasteiger partial charge on any atom is -0.481 e. The average Bonchev–Trinajstić information content (AvgIpc) is 3.44. The number of pyridine rings is 3. The summed E-state index contributed by atoms with van der Waals surface area (Å²) in [6, 6.07) is 16.5. The van der Waals surface area contributed by atoms with E-state index < -0.39 is 17.7 Å². The molecular weight excluding hydrogens is 620 g/mol. The summed E-state index contributed by atoms with van der Waals surface area (Å²) in [5.41, 5.74) is 15.3. The first-order valence-electron chi connectivity index (χ1n) is 14.4. The number of anilines is 2. The third kappa shape index (κ3) is 9.00. The first-order valence-corrected chi connectivity index (χ1v) is 14.4. The molecule has 0 fully saturated rings. The van der Waals surface area contributed by atoms with Crippen LogP contribution >= 0.6 is 0 Å². The van der Waals surface area contributed by atoms with E-state index in [2.05, 4.69) is 30.4 Å². The SMILES string of the molecule is COc1cc([C@H](Nc2ccc(C(=N)N)cc2)c2nn(-c3ncccc3N)c(=O)[nH]2)cc(C)n1.Cc1cc(C=O)cc(OCCC(=O)O)n1. The van der Waals surface area contributed by atoms with Crippen molar-refractivity contribution in [2.75, 3.05) is 24.8 Å². The molecule has 1 atom stereocenters. The van der Waals surface area contributed by atoms with E-state index in [0.717, 1.165) is 21.6 Å². The fourth-order valence-electron chi connectivity index (χ4n) is 4.41. The lowest BCUT2D eigenvalue weighted by atomic mass is 10.1. The van der Waals surface area contributed by atoms with Crippen molar-refractivity contribution in [1.82, 2.24) is 29.7 Å². The van der Waals surface area contributed by atoms with Gasteiger partial charge in [0.1, 0.15) is 24.8 Å². The maximum atomic E-state index is 12.7. The lowest BCUT2D eigenvalue weighted by Crippen LogP contribution is -2.18. The highest BCUT2D eigenvalue weighted by Crippen LogP contribution is 2.27. The number of carbonyl (C=O) groups excluding carboxylic acids is 1. The number of aliphatic carboxylic acids is 1. The minimum atomic E-state index is -0.932. The summed E-state index contributed by atoms with van der Waals surface area (Å²) >= 11 is 0. The predicted molar refractivity (Wildman–Crippen MR) is 177 cm³/mol. The van der Waals surface area contributed by atoms with E-state index in [1.165, 1.54) is 19.4 Å². The van der Waals surface area contributed by atoms with Crippen LogP contribution in [0.3, 0.4) is 0 Å². The molecule has 8 N–H and O–H groups in total. The number of aldehydes is 1. The van der Waals surface area contributed by atoms with Gasteiger partial charge >= 0.3 is 11.7 Å². The van der Waals surface area contributed by atoms with E-state index in [9.17, 15) is 14.4 Å². The number of hydrogen-bond acceptors (Lipinski definition) is 12. The van der Waals surface area contributed by atoms with Gasteiger partial charge in [-0.25, -0.2) is 19.7 Å². The van der Waals surface area contributed by atoms with Crippen LogP contribution in [0.4, 0.5) is 11.4 Å². The molecule has 16 heteroatoms. The summed E-state index contributed by atoms with van der Waals surface area (Å²) in [6.07, 6.45) is 2.14. The molecule has 48 heavy (non-hydrogen) atoms. The van der Waals surface area contributed by atoms with E-state index in [1.54, 1.807) is 55.5 Å². The standard InChI is InChI=1S/C22H23N9O2.C10H11NO4/c1-12-10-14(11-17(27-12)33-2)18(28-15-7-5-13(6-8-15)19(24)25)20-29-22(32)31(30-20)21-16(23)4-3-9-26-21;1-7-4-8(6-12)5-9(11-7)15-3-2-10(13)14/h3-11,18,28H,23H2,1-2H3,(H3,24,25)(H,29,30,32);4-6H,2-3H2,1H3,(H,13,14)/t18-;/m0./s1. The Labute approximate surface area is 274 Å². The number of carboxylic acids is 1. The summed E-state index contributed by atoms with van der Waals surface area (Å²) in [7, 11) is 1.54. The molecule has 5 aromatic rings. The van der Waals surface area contributed by atoms with Crippen molar-refractivity contribution in [3.63, 3.8) is 0 Å². The van der Waals surface area contributed by atoms with Gasteiger partial charge in [-0.15, -0.1) is 5.10 Å². The number of rotatable bonds is 12. The van der Waals surface area contributed by atoms with E-state index >= 15 is 0 Å². The van der Waals surface area contributed by atoms with Crippen molar-refractivity contribution in [2.45, 2.75) is 26.3 Å². The number of benzene rings is 1. The fraction of sp³-hybridized carbons (Fsp3) is 0.188. The number of ether oxygens (including phenoxy) is 2. The molecule has 0 amide bonds. The summed E-state index contributed by atoms with van der Waals surface area (Å²) < 4.78 is 11.5. The quantitative estimate of drug-likeness (QED) is 0.0644. The van der Waals surface area contributed by atoms with Crippen LogP contribution in [0.5, 0.6) is 11.8 Å². The number of aryl methyl sites for hydroxylation is 2. The van der Waals surface area contributed by atoms with Gasteiger partial charge in [0.25, 0.3) is 0 Å². The number of nitrogens with two attached hydrogens (primary N) is 2. The van der Waals surface area contributed by atoms with Crippen LogP contribution in [0, 0.1) is 19.3 Å². The van der Waals surface area contributed by atoms with Crippen LogP contribution in [-0.2, 0) is 4.79 Å². The number of H-pyrrole nitrogens is 1. The van der Waals surface area contributed by atoms with Gasteiger partial charge in [-0.1, -0.05) is 0 Å². The van der Waals surface area contributed by atoms with Crippen LogP contribution in [0.15, 0.2) is 71.7 Å². The van der Waals surface area contributed by atoms with Gasteiger partial charge in [-0.3, -0.25) is 20.0 Å². The first kappa shape index (κ1) is 34.3. The second-order valence-corrected chi connectivity index (χ2v) is 10.3. The Morgan fingerprint density at radius 1 is 1.10 bits per heavy atom. The highest BCUT2D eigenvalue weighted by atomic mass is 16.5. The third-order valence-corrected chi connectivity index (χ3v) is 6.58. The van der Waals surface area contributed by atoms with Gasteiger partial charge in [-0.05, 0) is 67.9 Å². The van der Waals surface area contributed by atoms with Gasteiger partial charge in [0.05, 0.1) is 19.2 Å². The molecule has 0 aliphatic heterocycles. The number of nitrogens with one attached hydrogen (secondary N) is 3. The molecule has 248 valence electrons. The Morgan fingerprint density at radius 3 is 2.46 bits per heavy atom. The molecule has 4 aromatic heterocycles. The molecule has 0 aliphatic rings. The topological polar surface area (TPSA) is 250 Å². The molecule has 0 unspecified atom stereocenters. The van der Waals surface area contributed by atoms with Gasteiger partial charge in [0, 0.05) is 46.5 Å². The van der Waals surface area contributed by atoms with Crippen LogP contribution in [0.2, 0.25) is 0 Å². The number of nitrogen functional groups attached to an aromatic ring is 2. The Kier molecular flexibility index (Phi) is 11.2. The zero-order chi connectivity index (χ0) is 34.8. The highest BCUT2D eigenvalue weighted by Gasteiger charge is 2.22. The normalized spacial score (nSPS) is 11.1. The molecule has 4 heterocycles. The van der Waals surface area contributed by atoms with Crippen LogP contribution in [0.25, 0.3) is 5.82 Å². The number of methoxy groups -OCH3 is 1. The van der Waals surface area contributed by atoms with Crippen molar-refractivity contribution in [2.24, 2.45) is 5.73 Å². The van der Waals surface area contributed by atoms with Gasteiger partial charge in [0.2, 0.25) is 11.8 Å². The molecule has 0 bridgehead atoms. The number of carboxylic acid groups (broad SMARTS) is 1. The molecular formula is C32H34N10O6. The molecule has 0 radical (unpaired) electrons. The Bertz CT molecular complexity index is 1970. The number of hydrogen-bond donors (Lipinski definition) is 6. The highest BCUT2D eigenvalue weighted by molar-refractivity contribution is 5.95. The summed E-state index contributed by atoms with van der Waals surface area (Å²) in [5, 5.41) is 23.8.